The number of hydrogen-bond acceptors (Lipinski definition) is 5. The van der Waals surface area contributed by atoms with Gasteiger partial charge in [0.1, 0.15) is 0 Å². The van der Waals surface area contributed by atoms with E-state index >= 15 is 0 Å². The summed E-state index contributed by atoms with van der Waals surface area (Å²) in [7, 11) is 0. The van der Waals surface area contributed by atoms with Crippen LogP contribution in [0.15, 0.2) is 29.0 Å². The van der Waals surface area contributed by atoms with Gasteiger partial charge >= 0.3 is 0 Å². The third-order valence-corrected chi connectivity index (χ3v) is 4.14. The molecule has 2 atom stereocenters. The molecule has 1 N–H and O–H groups in total. The van der Waals surface area contributed by atoms with Crippen molar-refractivity contribution < 1.29 is 4.52 Å². The Labute approximate surface area is 125 Å². The van der Waals surface area contributed by atoms with Crippen molar-refractivity contribution in [2.75, 3.05) is 6.54 Å². The minimum Gasteiger partial charge on any atom is -0.339 e. The summed E-state index contributed by atoms with van der Waals surface area (Å²) in [5.74, 6) is 1.92. The van der Waals surface area contributed by atoms with Crippen molar-refractivity contribution in [1.82, 2.24) is 20.4 Å². The van der Waals surface area contributed by atoms with Crippen molar-refractivity contribution in [2.24, 2.45) is 0 Å². The number of nitrogens with one attached hydrogen (secondary N) is 1. The third-order valence-electron chi connectivity index (χ3n) is 4.14. The van der Waals surface area contributed by atoms with Crippen molar-refractivity contribution >= 4 is 0 Å². The van der Waals surface area contributed by atoms with E-state index in [4.69, 9.17) is 4.52 Å². The lowest BCUT2D eigenvalue weighted by molar-refractivity contribution is 0.264. The van der Waals surface area contributed by atoms with Gasteiger partial charge in [0, 0.05) is 24.9 Å². The Morgan fingerprint density at radius 3 is 2.86 bits per heavy atom. The van der Waals surface area contributed by atoms with Crippen molar-refractivity contribution in [3.8, 4) is 0 Å². The highest BCUT2D eigenvalue weighted by molar-refractivity contribution is 5.15. The third kappa shape index (κ3) is 3.47. The smallest absolute Gasteiger partial charge is 0.231 e. The van der Waals surface area contributed by atoms with Crippen LogP contribution in [0, 0.1) is 0 Å². The summed E-state index contributed by atoms with van der Waals surface area (Å²) in [6.07, 6.45) is 9.14. The number of hydrogen-bond donors (Lipinski definition) is 1. The maximum absolute atomic E-state index is 5.54. The minimum absolute atomic E-state index is 0.359. The van der Waals surface area contributed by atoms with Gasteiger partial charge in [0.05, 0.1) is 5.92 Å². The van der Waals surface area contributed by atoms with Crippen molar-refractivity contribution in [2.45, 2.75) is 51.0 Å². The second kappa shape index (κ2) is 6.80. The Balaban J connectivity index is 1.71. The number of nitrogens with zero attached hydrogens (tertiary/aromatic N) is 3. The van der Waals surface area contributed by atoms with Gasteiger partial charge in [0.2, 0.25) is 5.89 Å². The zero-order valence-corrected chi connectivity index (χ0v) is 12.5. The molecule has 0 amide bonds. The van der Waals surface area contributed by atoms with E-state index in [0.29, 0.717) is 18.4 Å². The van der Waals surface area contributed by atoms with Crippen LogP contribution >= 0.6 is 0 Å². The summed E-state index contributed by atoms with van der Waals surface area (Å²) < 4.78 is 5.54. The van der Waals surface area contributed by atoms with Crippen LogP contribution in [0.3, 0.4) is 0 Å². The molecule has 21 heavy (non-hydrogen) atoms. The number of likely N-dealkylation sites (N-methyl/N-ethyl adjacent to an activating group) is 1. The van der Waals surface area contributed by atoms with E-state index in [1.807, 2.05) is 12.1 Å². The second-order valence-electron chi connectivity index (χ2n) is 5.64. The standard InChI is InChI=1S/C16H22N4O/c1-2-18-14-6-4-3-5-13(14)16-19-15(20-21-16)11-12-7-9-17-10-8-12/h7-10,13-14,18H,2-6,11H2,1H3. The molecule has 0 spiro atoms. The SMILES string of the molecule is CCNC1CCCCC1c1nc(Cc2ccncc2)no1. The minimum atomic E-state index is 0.359. The van der Waals surface area contributed by atoms with Gasteiger partial charge in [-0.25, -0.2) is 0 Å². The fourth-order valence-electron chi connectivity index (χ4n) is 3.11. The average molecular weight is 286 g/mol. The molecule has 0 bridgehead atoms. The molecule has 2 aromatic heterocycles. The molecule has 2 heterocycles. The zero-order chi connectivity index (χ0) is 14.5. The number of rotatable bonds is 5. The first kappa shape index (κ1) is 14.2. The Kier molecular flexibility index (Phi) is 4.60. The summed E-state index contributed by atoms with van der Waals surface area (Å²) in [6, 6.07) is 4.44. The molecular formula is C16H22N4O. The number of aromatic nitrogens is 3. The van der Waals surface area contributed by atoms with Crippen LogP contribution in [0.1, 0.15) is 55.8 Å². The topological polar surface area (TPSA) is 63.8 Å². The van der Waals surface area contributed by atoms with Gasteiger partial charge in [0.25, 0.3) is 0 Å². The van der Waals surface area contributed by atoms with E-state index in [2.05, 4.69) is 27.4 Å². The first-order chi connectivity index (χ1) is 10.4. The van der Waals surface area contributed by atoms with Crippen molar-refractivity contribution in [3.05, 3.63) is 41.8 Å². The molecule has 5 heteroatoms. The highest BCUT2D eigenvalue weighted by atomic mass is 16.5. The Morgan fingerprint density at radius 2 is 2.05 bits per heavy atom. The molecule has 2 aromatic rings. The average Bonchev–Trinajstić information content (AvgIpc) is 2.97. The first-order valence-corrected chi connectivity index (χ1v) is 7.81. The maximum Gasteiger partial charge on any atom is 0.231 e. The Bertz CT molecular complexity index is 552. The van der Waals surface area contributed by atoms with Gasteiger partial charge in [-0.2, -0.15) is 4.98 Å². The van der Waals surface area contributed by atoms with Crippen LogP contribution in [0.25, 0.3) is 0 Å². The predicted octanol–water partition coefficient (Wildman–Crippen LogP) is 2.69. The van der Waals surface area contributed by atoms with Crippen LogP contribution in [0.5, 0.6) is 0 Å². The van der Waals surface area contributed by atoms with Crippen LogP contribution in [0.4, 0.5) is 0 Å². The largest absolute Gasteiger partial charge is 0.339 e. The lowest BCUT2D eigenvalue weighted by atomic mass is 9.84. The molecule has 2 unspecified atom stereocenters. The van der Waals surface area contributed by atoms with Crippen LogP contribution < -0.4 is 5.32 Å². The predicted molar refractivity (Wildman–Crippen MR) is 80.0 cm³/mol. The molecular weight excluding hydrogens is 264 g/mol. The summed E-state index contributed by atoms with van der Waals surface area (Å²) in [5.41, 5.74) is 1.16. The van der Waals surface area contributed by atoms with Gasteiger partial charge in [-0.05, 0) is 37.1 Å². The monoisotopic (exact) mass is 286 g/mol. The molecule has 0 saturated heterocycles. The lowest BCUT2D eigenvalue weighted by Gasteiger charge is -2.29. The molecule has 1 aliphatic rings. The fourth-order valence-corrected chi connectivity index (χ4v) is 3.11. The summed E-state index contributed by atoms with van der Waals surface area (Å²) >= 11 is 0. The van der Waals surface area contributed by atoms with E-state index in [1.54, 1.807) is 12.4 Å². The van der Waals surface area contributed by atoms with E-state index < -0.39 is 0 Å². The molecule has 3 rings (SSSR count). The summed E-state index contributed by atoms with van der Waals surface area (Å²) in [6.45, 7) is 3.13. The Morgan fingerprint density at radius 1 is 1.24 bits per heavy atom. The van der Waals surface area contributed by atoms with E-state index in [1.165, 1.54) is 19.3 Å². The van der Waals surface area contributed by atoms with E-state index in [-0.39, 0.29) is 0 Å². The van der Waals surface area contributed by atoms with Gasteiger partial charge < -0.3 is 9.84 Å². The van der Waals surface area contributed by atoms with Gasteiger partial charge in [-0.15, -0.1) is 0 Å². The van der Waals surface area contributed by atoms with E-state index in [9.17, 15) is 0 Å². The fraction of sp³-hybridized carbons (Fsp3) is 0.562. The maximum atomic E-state index is 5.54. The number of pyridine rings is 1. The first-order valence-electron chi connectivity index (χ1n) is 7.81. The summed E-state index contributed by atoms with van der Waals surface area (Å²) in [5, 5.41) is 7.70. The normalized spacial score (nSPS) is 22.3. The van der Waals surface area contributed by atoms with Crippen molar-refractivity contribution in [1.29, 1.82) is 0 Å². The highest BCUT2D eigenvalue weighted by Gasteiger charge is 2.30. The molecule has 0 radical (unpaired) electrons. The van der Waals surface area contributed by atoms with Gasteiger partial charge in [-0.3, -0.25) is 4.98 Å². The Hall–Kier alpha value is -1.75. The lowest BCUT2D eigenvalue weighted by Crippen LogP contribution is -2.37. The van der Waals surface area contributed by atoms with Gasteiger partial charge in [0.15, 0.2) is 5.82 Å². The molecule has 0 aliphatic heterocycles. The molecule has 112 valence electrons. The molecule has 0 aromatic carbocycles. The molecule has 1 saturated carbocycles. The van der Waals surface area contributed by atoms with E-state index in [0.717, 1.165) is 30.2 Å². The highest BCUT2D eigenvalue weighted by Crippen LogP contribution is 2.32. The quantitative estimate of drug-likeness (QED) is 0.915. The van der Waals surface area contributed by atoms with Crippen molar-refractivity contribution in [3.63, 3.8) is 0 Å². The molecule has 1 aliphatic carbocycles. The van der Waals surface area contributed by atoms with Crippen LogP contribution in [-0.4, -0.2) is 27.7 Å². The second-order valence-corrected chi connectivity index (χ2v) is 5.64. The molecule has 1 fully saturated rings. The van der Waals surface area contributed by atoms with Gasteiger partial charge in [-0.1, -0.05) is 24.9 Å². The van der Waals surface area contributed by atoms with Crippen LogP contribution in [0.2, 0.25) is 0 Å². The molecule has 5 nitrogen and oxygen atoms in total. The van der Waals surface area contributed by atoms with Crippen LogP contribution in [-0.2, 0) is 6.42 Å². The summed E-state index contributed by atoms with van der Waals surface area (Å²) in [4.78, 5) is 8.65. The zero-order valence-electron chi connectivity index (χ0n) is 12.5.